The number of amides is 1. The second-order valence-corrected chi connectivity index (χ2v) is 21.0. The van der Waals surface area contributed by atoms with Crippen molar-refractivity contribution in [2.45, 2.75) is 341 Å². The summed E-state index contributed by atoms with van der Waals surface area (Å²) in [6.07, 6.45) is 73.2. The van der Waals surface area contributed by atoms with Crippen molar-refractivity contribution < 1.29 is 24.5 Å². The molecule has 6 heteroatoms. The highest BCUT2D eigenvalue weighted by molar-refractivity contribution is 5.76. The molecule has 0 aliphatic carbocycles. The van der Waals surface area contributed by atoms with Gasteiger partial charge < -0.3 is 20.3 Å². The maximum absolute atomic E-state index is 12.5. The van der Waals surface area contributed by atoms with Crippen LogP contribution in [-0.4, -0.2) is 47.4 Å². The molecule has 406 valence electrons. The normalized spacial score (nSPS) is 12.8. The first-order valence-electron chi connectivity index (χ1n) is 30.8. The molecule has 0 saturated heterocycles. The Bertz CT molecular complexity index is 1120. The van der Waals surface area contributed by atoms with E-state index in [9.17, 15) is 19.8 Å². The highest BCUT2D eigenvalue weighted by Crippen LogP contribution is 2.17. The number of rotatable bonds is 57. The van der Waals surface area contributed by atoms with Gasteiger partial charge >= 0.3 is 5.97 Å². The van der Waals surface area contributed by atoms with E-state index in [-0.39, 0.29) is 18.5 Å². The molecule has 0 spiro atoms. The molecule has 0 aromatic heterocycles. The van der Waals surface area contributed by atoms with Crippen LogP contribution in [0, 0.1) is 0 Å². The number of unbranched alkanes of at least 4 members (excludes halogenated alkanes) is 42. The molecule has 0 saturated carbocycles. The highest BCUT2D eigenvalue weighted by Gasteiger charge is 2.18. The van der Waals surface area contributed by atoms with Gasteiger partial charge in [0, 0.05) is 12.8 Å². The predicted octanol–water partition coefficient (Wildman–Crippen LogP) is 19.2. The fraction of sp³-hybridized carbons (Fsp3) is 0.873. The number of hydrogen-bond acceptors (Lipinski definition) is 5. The Labute approximate surface area is 430 Å². The van der Waals surface area contributed by atoms with Gasteiger partial charge in [0.25, 0.3) is 0 Å². The summed E-state index contributed by atoms with van der Waals surface area (Å²) in [6.45, 7) is 4.87. The first kappa shape index (κ1) is 67.1. The topological polar surface area (TPSA) is 95.9 Å². The molecule has 0 aromatic carbocycles. The number of carbonyl (C=O) groups excluding carboxylic acids is 2. The Balaban J connectivity index is 3.41. The van der Waals surface area contributed by atoms with Gasteiger partial charge in [0.05, 0.1) is 25.4 Å². The van der Waals surface area contributed by atoms with Crippen molar-refractivity contribution in [2.75, 3.05) is 13.2 Å². The van der Waals surface area contributed by atoms with Gasteiger partial charge in [0.2, 0.25) is 5.91 Å². The quantitative estimate of drug-likeness (QED) is 0.0321. The summed E-state index contributed by atoms with van der Waals surface area (Å²) < 4.78 is 5.47. The van der Waals surface area contributed by atoms with Crippen molar-refractivity contribution in [1.29, 1.82) is 0 Å². The standard InChI is InChI=1S/C63H119NO5/c1-3-5-7-9-11-13-15-17-19-28-31-35-39-43-47-51-55-61(66)60(59-65)64-62(67)56-52-48-44-40-36-32-29-26-24-22-20-21-23-25-27-30-34-38-42-46-50-54-58-69-63(68)57-53-49-45-41-37-33-18-16-14-12-10-8-6-4-2/h10,12,16,18,51,55,60-61,65-66H,3-9,11,13-15,17,19-50,52-54,56-59H2,1-2H3,(H,64,67)/b12-10-,18-16-,55-51+. The first-order chi connectivity index (χ1) is 34.0. The van der Waals surface area contributed by atoms with Crippen molar-refractivity contribution in [2.24, 2.45) is 0 Å². The summed E-state index contributed by atoms with van der Waals surface area (Å²) in [4.78, 5) is 24.5. The Hall–Kier alpha value is -1.92. The molecule has 3 N–H and O–H groups in total. The molecular formula is C63H119NO5. The van der Waals surface area contributed by atoms with E-state index in [1.807, 2.05) is 6.08 Å². The van der Waals surface area contributed by atoms with Crippen LogP contribution in [0.1, 0.15) is 328 Å². The first-order valence-corrected chi connectivity index (χ1v) is 30.8. The molecule has 6 nitrogen and oxygen atoms in total. The summed E-state index contributed by atoms with van der Waals surface area (Å²) in [5.41, 5.74) is 0. The van der Waals surface area contributed by atoms with Gasteiger partial charge in [-0.05, 0) is 57.8 Å². The number of ether oxygens (including phenoxy) is 1. The second-order valence-electron chi connectivity index (χ2n) is 21.0. The van der Waals surface area contributed by atoms with Crippen molar-refractivity contribution in [1.82, 2.24) is 5.32 Å². The zero-order chi connectivity index (χ0) is 50.0. The monoisotopic (exact) mass is 970 g/mol. The van der Waals surface area contributed by atoms with Crippen molar-refractivity contribution in [3.05, 3.63) is 36.5 Å². The number of nitrogens with one attached hydrogen (secondary N) is 1. The van der Waals surface area contributed by atoms with Crippen LogP contribution in [0.5, 0.6) is 0 Å². The van der Waals surface area contributed by atoms with Crippen LogP contribution in [0.2, 0.25) is 0 Å². The van der Waals surface area contributed by atoms with Gasteiger partial charge in [0.1, 0.15) is 0 Å². The van der Waals surface area contributed by atoms with Gasteiger partial charge in [0.15, 0.2) is 0 Å². The van der Waals surface area contributed by atoms with Crippen LogP contribution in [0.25, 0.3) is 0 Å². The van der Waals surface area contributed by atoms with Crippen LogP contribution in [0.4, 0.5) is 0 Å². The van der Waals surface area contributed by atoms with Gasteiger partial charge in [-0.25, -0.2) is 0 Å². The molecule has 1 amide bonds. The summed E-state index contributed by atoms with van der Waals surface area (Å²) in [5.74, 6) is -0.0689. The van der Waals surface area contributed by atoms with E-state index in [2.05, 4.69) is 43.5 Å². The maximum atomic E-state index is 12.5. The molecule has 2 unspecified atom stereocenters. The average molecular weight is 971 g/mol. The lowest BCUT2D eigenvalue weighted by atomic mass is 10.0. The Morgan fingerprint density at radius 3 is 1.14 bits per heavy atom. The minimum absolute atomic E-state index is 0.00196. The molecule has 0 aliphatic heterocycles. The van der Waals surface area contributed by atoms with Crippen LogP contribution in [-0.2, 0) is 14.3 Å². The zero-order valence-electron chi connectivity index (χ0n) is 46.3. The summed E-state index contributed by atoms with van der Waals surface area (Å²) in [7, 11) is 0. The zero-order valence-corrected chi connectivity index (χ0v) is 46.3. The lowest BCUT2D eigenvalue weighted by Gasteiger charge is -2.20. The van der Waals surface area contributed by atoms with E-state index in [1.54, 1.807) is 6.08 Å². The number of hydrogen-bond donors (Lipinski definition) is 3. The summed E-state index contributed by atoms with van der Waals surface area (Å²) >= 11 is 0. The van der Waals surface area contributed by atoms with Crippen LogP contribution in [0.3, 0.4) is 0 Å². The van der Waals surface area contributed by atoms with Crippen LogP contribution in [0.15, 0.2) is 36.5 Å². The third-order valence-electron chi connectivity index (χ3n) is 14.2. The molecule has 0 aliphatic rings. The molecule has 0 rings (SSSR count). The molecule has 2 atom stereocenters. The predicted molar refractivity (Wildman–Crippen MR) is 301 cm³/mol. The van der Waals surface area contributed by atoms with E-state index in [4.69, 9.17) is 4.74 Å². The molecule has 0 radical (unpaired) electrons. The SMILES string of the molecule is CCCC/C=C\C/C=C\CCCCCCCC(=O)OCCCCCCCCCCCCCCCCCCCCCCCCC(=O)NC(CO)C(O)/C=C/CCCCCCCCCCCCCCCC. The van der Waals surface area contributed by atoms with Crippen LogP contribution >= 0.6 is 0 Å². The van der Waals surface area contributed by atoms with Crippen molar-refractivity contribution in [3.63, 3.8) is 0 Å². The fourth-order valence-electron chi connectivity index (χ4n) is 9.42. The van der Waals surface area contributed by atoms with E-state index in [1.165, 1.54) is 250 Å². The fourth-order valence-corrected chi connectivity index (χ4v) is 9.42. The van der Waals surface area contributed by atoms with Crippen LogP contribution < -0.4 is 5.32 Å². The molecule has 0 heterocycles. The van der Waals surface area contributed by atoms with E-state index >= 15 is 0 Å². The lowest BCUT2D eigenvalue weighted by molar-refractivity contribution is -0.143. The van der Waals surface area contributed by atoms with Crippen molar-refractivity contribution in [3.8, 4) is 0 Å². The van der Waals surface area contributed by atoms with E-state index < -0.39 is 12.1 Å². The number of esters is 1. The maximum Gasteiger partial charge on any atom is 0.305 e. The van der Waals surface area contributed by atoms with Gasteiger partial charge in [-0.2, -0.15) is 0 Å². The van der Waals surface area contributed by atoms with Gasteiger partial charge in [-0.1, -0.05) is 294 Å². The number of aliphatic hydroxyl groups excluding tert-OH is 2. The number of carbonyl (C=O) groups is 2. The van der Waals surface area contributed by atoms with E-state index in [0.29, 0.717) is 19.4 Å². The molecule has 0 fully saturated rings. The molecule has 69 heavy (non-hydrogen) atoms. The molecule has 0 bridgehead atoms. The second kappa shape index (κ2) is 58.6. The minimum atomic E-state index is -0.845. The summed E-state index contributed by atoms with van der Waals surface area (Å²) in [5, 5.41) is 23.1. The van der Waals surface area contributed by atoms with Crippen molar-refractivity contribution >= 4 is 11.9 Å². The Morgan fingerprint density at radius 2 is 0.739 bits per heavy atom. The van der Waals surface area contributed by atoms with E-state index in [0.717, 1.165) is 51.4 Å². The minimum Gasteiger partial charge on any atom is -0.466 e. The third-order valence-corrected chi connectivity index (χ3v) is 14.2. The largest absolute Gasteiger partial charge is 0.466 e. The molecular weight excluding hydrogens is 851 g/mol. The lowest BCUT2D eigenvalue weighted by Crippen LogP contribution is -2.45. The third kappa shape index (κ3) is 55.2. The molecule has 0 aromatic rings. The smallest absolute Gasteiger partial charge is 0.305 e. The highest BCUT2D eigenvalue weighted by atomic mass is 16.5. The van der Waals surface area contributed by atoms with Gasteiger partial charge in [-0.15, -0.1) is 0 Å². The Kier molecular flexibility index (Phi) is 57.0. The van der Waals surface area contributed by atoms with Gasteiger partial charge in [-0.3, -0.25) is 9.59 Å². The average Bonchev–Trinajstić information content (AvgIpc) is 3.35. The Morgan fingerprint density at radius 1 is 0.406 bits per heavy atom. The number of allylic oxidation sites excluding steroid dienone is 5. The summed E-state index contributed by atoms with van der Waals surface area (Å²) in [6, 6.07) is -0.628. The number of aliphatic hydroxyl groups is 2.